The molecule has 90 valence electrons. The molecule has 0 saturated heterocycles. The van der Waals surface area contributed by atoms with Gasteiger partial charge in [-0.15, -0.1) is 0 Å². The molecule has 15 heavy (non-hydrogen) atoms. The molecule has 0 fully saturated rings. The van der Waals surface area contributed by atoms with Crippen molar-refractivity contribution in [2.75, 3.05) is 5.75 Å². The Bertz CT molecular complexity index is 297. The first kappa shape index (κ1) is 14.8. The van der Waals surface area contributed by atoms with Gasteiger partial charge >= 0.3 is 0 Å². The maximum absolute atomic E-state index is 11.5. The number of nitrogens with two attached hydrogens (primary N) is 1. The summed E-state index contributed by atoms with van der Waals surface area (Å²) in [5.41, 5.74) is 5.21. The second-order valence-corrected chi connectivity index (χ2v) is 5.99. The molecule has 1 unspecified atom stereocenters. The molecule has 0 aromatic rings. The van der Waals surface area contributed by atoms with Crippen LogP contribution in [0.3, 0.4) is 0 Å². The Morgan fingerprint density at radius 1 is 1.40 bits per heavy atom. The Kier molecular flexibility index (Phi) is 6.31. The minimum Gasteiger partial charge on any atom is -0.392 e. The fourth-order valence-corrected chi connectivity index (χ4v) is 3.29. The molecular formula is C9H20N2O2S2. The molecule has 0 spiro atoms. The normalized spacial score (nSPS) is 14.1. The van der Waals surface area contributed by atoms with Crippen molar-refractivity contribution in [2.45, 2.75) is 39.7 Å². The van der Waals surface area contributed by atoms with Crippen molar-refractivity contribution in [3.8, 4) is 0 Å². The van der Waals surface area contributed by atoms with Crippen LogP contribution in [0.5, 0.6) is 0 Å². The first-order chi connectivity index (χ1) is 6.82. The molecule has 0 aliphatic carbocycles. The van der Waals surface area contributed by atoms with Crippen molar-refractivity contribution in [3.63, 3.8) is 0 Å². The molecule has 6 heteroatoms. The van der Waals surface area contributed by atoms with Crippen molar-refractivity contribution in [1.29, 1.82) is 0 Å². The van der Waals surface area contributed by atoms with Gasteiger partial charge in [-0.05, 0) is 12.8 Å². The van der Waals surface area contributed by atoms with Gasteiger partial charge in [-0.25, -0.2) is 13.1 Å². The average Bonchev–Trinajstić information content (AvgIpc) is 2.02. The minimum atomic E-state index is -3.36. The lowest BCUT2D eigenvalue weighted by Gasteiger charge is -2.22. The highest BCUT2D eigenvalue weighted by Crippen LogP contribution is 2.13. The lowest BCUT2D eigenvalue weighted by Crippen LogP contribution is -2.41. The smallest absolute Gasteiger partial charge is 0.218 e. The largest absolute Gasteiger partial charge is 0.392 e. The summed E-state index contributed by atoms with van der Waals surface area (Å²) in [5.74, 6) is 0.0819. The fraction of sp³-hybridized carbons (Fsp3) is 0.889. The van der Waals surface area contributed by atoms with E-state index in [1.54, 1.807) is 0 Å². The summed E-state index contributed by atoms with van der Waals surface area (Å²) in [6.07, 6.45) is 1.90. The van der Waals surface area contributed by atoms with Crippen LogP contribution in [0.2, 0.25) is 0 Å². The first-order valence-corrected chi connectivity index (χ1v) is 7.16. The average molecular weight is 252 g/mol. The van der Waals surface area contributed by atoms with Crippen LogP contribution < -0.4 is 10.5 Å². The fourth-order valence-electron chi connectivity index (χ4n) is 1.60. The Balaban J connectivity index is 4.39. The van der Waals surface area contributed by atoms with Crippen LogP contribution in [-0.2, 0) is 10.0 Å². The van der Waals surface area contributed by atoms with Gasteiger partial charge in [0.2, 0.25) is 10.0 Å². The van der Waals surface area contributed by atoms with Crippen LogP contribution in [0, 0.1) is 5.92 Å². The highest BCUT2D eigenvalue weighted by molar-refractivity contribution is 7.92. The molecule has 0 rings (SSSR count). The van der Waals surface area contributed by atoms with Crippen LogP contribution in [-0.4, -0.2) is 25.2 Å². The van der Waals surface area contributed by atoms with Gasteiger partial charge in [0.25, 0.3) is 0 Å². The van der Waals surface area contributed by atoms with Crippen LogP contribution in [0.15, 0.2) is 0 Å². The molecular weight excluding hydrogens is 232 g/mol. The van der Waals surface area contributed by atoms with Crippen molar-refractivity contribution < 1.29 is 8.42 Å². The molecule has 0 saturated carbocycles. The summed E-state index contributed by atoms with van der Waals surface area (Å²) in [6, 6.07) is -0.0700. The number of sulfonamides is 1. The Morgan fingerprint density at radius 2 is 1.87 bits per heavy atom. The minimum absolute atomic E-state index is 0.000697. The topological polar surface area (TPSA) is 72.2 Å². The number of hydrogen-bond acceptors (Lipinski definition) is 3. The third-order valence-corrected chi connectivity index (χ3v) is 4.20. The number of nitrogens with one attached hydrogen (secondary N) is 1. The van der Waals surface area contributed by atoms with Gasteiger partial charge in [0.15, 0.2) is 0 Å². The third kappa shape index (κ3) is 6.06. The zero-order chi connectivity index (χ0) is 12.1. The molecule has 3 N–H and O–H groups in total. The maximum Gasteiger partial charge on any atom is 0.218 e. The lowest BCUT2D eigenvalue weighted by molar-refractivity contribution is 0.391. The van der Waals surface area contributed by atoms with Gasteiger partial charge in [0.1, 0.15) is 5.75 Å². The molecule has 0 bridgehead atoms. The maximum atomic E-state index is 11.5. The van der Waals surface area contributed by atoms with E-state index in [2.05, 4.69) is 16.9 Å². The Hall–Kier alpha value is -0.200. The summed E-state index contributed by atoms with van der Waals surface area (Å²) in [4.78, 5) is -0.000697. The number of thiocarbonyl (C=S) groups is 1. The van der Waals surface area contributed by atoms with Gasteiger partial charge in [-0.2, -0.15) is 0 Å². The van der Waals surface area contributed by atoms with Crippen molar-refractivity contribution in [3.05, 3.63) is 0 Å². The highest BCUT2D eigenvalue weighted by atomic mass is 32.2. The number of rotatable bonds is 7. The van der Waals surface area contributed by atoms with E-state index in [0.717, 1.165) is 12.8 Å². The molecule has 0 amide bonds. The summed E-state index contributed by atoms with van der Waals surface area (Å²) in [5, 5.41) is 0. The van der Waals surface area contributed by atoms with Gasteiger partial charge in [-0.3, -0.25) is 0 Å². The zero-order valence-electron chi connectivity index (χ0n) is 9.49. The molecule has 0 aliphatic heterocycles. The predicted octanol–water partition coefficient (Wildman–Crippen LogP) is 1.02. The number of hydrogen-bond donors (Lipinski definition) is 2. The van der Waals surface area contributed by atoms with E-state index >= 15 is 0 Å². The molecule has 1 atom stereocenters. The van der Waals surface area contributed by atoms with Gasteiger partial charge in [0, 0.05) is 6.04 Å². The van der Waals surface area contributed by atoms with Crippen molar-refractivity contribution in [1.82, 2.24) is 4.72 Å². The van der Waals surface area contributed by atoms with E-state index in [4.69, 9.17) is 5.73 Å². The van der Waals surface area contributed by atoms with Crippen LogP contribution >= 0.6 is 12.2 Å². The molecule has 4 nitrogen and oxygen atoms in total. The monoisotopic (exact) mass is 252 g/mol. The Morgan fingerprint density at radius 3 is 2.20 bits per heavy atom. The van der Waals surface area contributed by atoms with Crippen LogP contribution in [0.25, 0.3) is 0 Å². The third-order valence-electron chi connectivity index (χ3n) is 2.45. The molecule has 0 aromatic carbocycles. The van der Waals surface area contributed by atoms with Gasteiger partial charge in [-0.1, -0.05) is 38.9 Å². The molecule has 0 heterocycles. The van der Waals surface area contributed by atoms with Crippen LogP contribution in [0.1, 0.15) is 33.6 Å². The molecule has 0 radical (unpaired) electrons. The van der Waals surface area contributed by atoms with Crippen molar-refractivity contribution >= 4 is 27.2 Å². The Labute approximate surface area is 97.7 Å². The summed E-state index contributed by atoms with van der Waals surface area (Å²) in [6.45, 7) is 5.97. The van der Waals surface area contributed by atoms with E-state index in [1.807, 2.05) is 20.8 Å². The second kappa shape index (κ2) is 6.40. The lowest BCUT2D eigenvalue weighted by atomic mass is 9.96. The summed E-state index contributed by atoms with van der Waals surface area (Å²) < 4.78 is 25.6. The zero-order valence-corrected chi connectivity index (χ0v) is 11.1. The van der Waals surface area contributed by atoms with Crippen LogP contribution in [0.4, 0.5) is 0 Å². The standard InChI is InChI=1S/C9H20N2O2S2/c1-4-8(5-2)7(3)11-15(12,13)6-9(10)14/h7-8,11H,4-6H2,1-3H3,(H2,10,14). The first-order valence-electron chi connectivity index (χ1n) is 5.10. The van der Waals surface area contributed by atoms with E-state index in [0.29, 0.717) is 5.92 Å². The highest BCUT2D eigenvalue weighted by Gasteiger charge is 2.20. The van der Waals surface area contributed by atoms with E-state index in [-0.39, 0.29) is 16.8 Å². The van der Waals surface area contributed by atoms with E-state index in [9.17, 15) is 8.42 Å². The molecule has 0 aromatic heterocycles. The second-order valence-electron chi connectivity index (χ2n) is 3.71. The van der Waals surface area contributed by atoms with Gasteiger partial charge in [0.05, 0.1) is 4.99 Å². The summed E-state index contributed by atoms with van der Waals surface area (Å²) >= 11 is 4.58. The van der Waals surface area contributed by atoms with Crippen molar-refractivity contribution in [2.24, 2.45) is 11.7 Å². The SMILES string of the molecule is CCC(CC)C(C)NS(=O)(=O)CC(N)=S. The van der Waals surface area contributed by atoms with E-state index < -0.39 is 10.0 Å². The quantitative estimate of drug-likeness (QED) is 0.664. The van der Waals surface area contributed by atoms with E-state index in [1.165, 1.54) is 0 Å². The summed E-state index contributed by atoms with van der Waals surface area (Å²) in [7, 11) is -3.36. The molecule has 0 aliphatic rings. The van der Waals surface area contributed by atoms with Gasteiger partial charge < -0.3 is 5.73 Å². The predicted molar refractivity (Wildman–Crippen MR) is 67.2 cm³/mol.